The van der Waals surface area contributed by atoms with Crippen molar-refractivity contribution < 1.29 is 4.74 Å². The Hall–Kier alpha value is -1.36. The van der Waals surface area contributed by atoms with Crippen molar-refractivity contribution in [3.8, 4) is 0 Å². The first-order chi connectivity index (χ1) is 6.72. The molecule has 0 fully saturated rings. The van der Waals surface area contributed by atoms with E-state index in [1.54, 1.807) is 12.3 Å². The van der Waals surface area contributed by atoms with Gasteiger partial charge < -0.3 is 15.8 Å². The standard InChI is InChI=1S/C9H16N4O/c1-3-14-6-7(2)12-8-4-5-11-9(10)13-8/h4-5,7H,3,6H2,1-2H3,(H3,10,11,12,13). The summed E-state index contributed by atoms with van der Waals surface area (Å²) in [6.45, 7) is 5.36. The predicted octanol–water partition coefficient (Wildman–Crippen LogP) is 0.896. The average Bonchev–Trinajstić information content (AvgIpc) is 2.15. The second-order valence-corrected chi connectivity index (χ2v) is 3.00. The fraction of sp³-hybridized carbons (Fsp3) is 0.556. The van der Waals surface area contributed by atoms with Crippen LogP contribution in [0.5, 0.6) is 0 Å². The van der Waals surface area contributed by atoms with Gasteiger partial charge in [-0.25, -0.2) is 4.98 Å². The van der Waals surface area contributed by atoms with Gasteiger partial charge in [-0.3, -0.25) is 0 Å². The number of anilines is 2. The van der Waals surface area contributed by atoms with Gasteiger partial charge in [0, 0.05) is 18.8 Å². The van der Waals surface area contributed by atoms with Crippen LogP contribution in [0.1, 0.15) is 13.8 Å². The van der Waals surface area contributed by atoms with E-state index < -0.39 is 0 Å². The lowest BCUT2D eigenvalue weighted by Gasteiger charge is -2.13. The normalized spacial score (nSPS) is 12.4. The lowest BCUT2D eigenvalue weighted by molar-refractivity contribution is 0.141. The lowest BCUT2D eigenvalue weighted by Crippen LogP contribution is -2.22. The van der Waals surface area contributed by atoms with Gasteiger partial charge in [0.1, 0.15) is 5.82 Å². The Morgan fingerprint density at radius 3 is 3.07 bits per heavy atom. The summed E-state index contributed by atoms with van der Waals surface area (Å²) in [5.41, 5.74) is 5.44. The summed E-state index contributed by atoms with van der Waals surface area (Å²) in [5, 5.41) is 3.16. The predicted molar refractivity (Wildman–Crippen MR) is 56.0 cm³/mol. The first-order valence-electron chi connectivity index (χ1n) is 4.65. The van der Waals surface area contributed by atoms with Crippen molar-refractivity contribution in [3.05, 3.63) is 12.3 Å². The third-order valence-electron chi connectivity index (χ3n) is 1.64. The molecule has 0 aliphatic heterocycles. The first-order valence-corrected chi connectivity index (χ1v) is 4.65. The van der Waals surface area contributed by atoms with E-state index in [-0.39, 0.29) is 12.0 Å². The molecule has 0 spiro atoms. The van der Waals surface area contributed by atoms with Crippen molar-refractivity contribution in [2.24, 2.45) is 0 Å². The van der Waals surface area contributed by atoms with E-state index in [4.69, 9.17) is 10.5 Å². The quantitative estimate of drug-likeness (QED) is 0.731. The smallest absolute Gasteiger partial charge is 0.221 e. The number of ether oxygens (including phenoxy) is 1. The Kier molecular flexibility index (Phi) is 4.12. The zero-order chi connectivity index (χ0) is 10.4. The van der Waals surface area contributed by atoms with Gasteiger partial charge >= 0.3 is 0 Å². The molecule has 3 N–H and O–H groups in total. The summed E-state index contributed by atoms with van der Waals surface area (Å²) in [7, 11) is 0. The van der Waals surface area contributed by atoms with Crippen LogP contribution in [0.4, 0.5) is 11.8 Å². The summed E-state index contributed by atoms with van der Waals surface area (Å²) in [5.74, 6) is 1.00. The minimum atomic E-state index is 0.212. The van der Waals surface area contributed by atoms with Crippen LogP contribution in [0.15, 0.2) is 12.3 Å². The molecule has 0 aromatic carbocycles. The van der Waals surface area contributed by atoms with Crippen molar-refractivity contribution in [1.82, 2.24) is 9.97 Å². The minimum absolute atomic E-state index is 0.212. The average molecular weight is 196 g/mol. The number of hydrogen-bond donors (Lipinski definition) is 2. The summed E-state index contributed by atoms with van der Waals surface area (Å²) in [4.78, 5) is 7.83. The maximum Gasteiger partial charge on any atom is 0.221 e. The molecule has 78 valence electrons. The van der Waals surface area contributed by atoms with Gasteiger partial charge in [0.05, 0.1) is 6.61 Å². The van der Waals surface area contributed by atoms with Crippen LogP contribution < -0.4 is 11.1 Å². The Morgan fingerprint density at radius 2 is 2.43 bits per heavy atom. The molecule has 1 aromatic heterocycles. The van der Waals surface area contributed by atoms with E-state index in [2.05, 4.69) is 15.3 Å². The molecule has 1 unspecified atom stereocenters. The van der Waals surface area contributed by atoms with E-state index in [0.717, 1.165) is 12.4 Å². The molecule has 0 saturated heterocycles. The van der Waals surface area contributed by atoms with Crippen molar-refractivity contribution in [2.75, 3.05) is 24.3 Å². The minimum Gasteiger partial charge on any atom is -0.380 e. The second kappa shape index (κ2) is 5.39. The Balaban J connectivity index is 2.43. The van der Waals surface area contributed by atoms with Crippen molar-refractivity contribution in [3.63, 3.8) is 0 Å². The summed E-state index contributed by atoms with van der Waals surface area (Å²) in [6.07, 6.45) is 1.62. The molecule has 0 bridgehead atoms. The number of nitrogens with zero attached hydrogens (tertiary/aromatic N) is 2. The molecule has 1 aromatic rings. The number of nitrogen functional groups attached to an aromatic ring is 1. The highest BCUT2D eigenvalue weighted by Gasteiger charge is 2.02. The number of nitrogens with two attached hydrogens (primary N) is 1. The van der Waals surface area contributed by atoms with Gasteiger partial charge in [-0.15, -0.1) is 0 Å². The van der Waals surface area contributed by atoms with Crippen LogP contribution in [0.3, 0.4) is 0 Å². The van der Waals surface area contributed by atoms with Crippen LogP contribution in [0.25, 0.3) is 0 Å². The maximum absolute atomic E-state index is 5.44. The molecule has 0 aliphatic rings. The Labute approximate surface area is 83.7 Å². The molecule has 14 heavy (non-hydrogen) atoms. The highest BCUT2D eigenvalue weighted by Crippen LogP contribution is 2.04. The molecule has 0 radical (unpaired) electrons. The van der Waals surface area contributed by atoms with Crippen LogP contribution in [0.2, 0.25) is 0 Å². The van der Waals surface area contributed by atoms with E-state index in [0.29, 0.717) is 6.61 Å². The highest BCUT2D eigenvalue weighted by atomic mass is 16.5. The monoisotopic (exact) mass is 196 g/mol. The molecular formula is C9H16N4O. The highest BCUT2D eigenvalue weighted by molar-refractivity contribution is 5.38. The molecular weight excluding hydrogens is 180 g/mol. The van der Waals surface area contributed by atoms with Gasteiger partial charge in [0.15, 0.2) is 0 Å². The van der Waals surface area contributed by atoms with Crippen LogP contribution in [0, 0.1) is 0 Å². The third kappa shape index (κ3) is 3.57. The number of hydrogen-bond acceptors (Lipinski definition) is 5. The first kappa shape index (κ1) is 10.7. The molecule has 1 atom stereocenters. The van der Waals surface area contributed by atoms with E-state index in [9.17, 15) is 0 Å². The summed E-state index contributed by atoms with van der Waals surface area (Å²) in [6, 6.07) is 1.99. The lowest BCUT2D eigenvalue weighted by atomic mass is 10.3. The SMILES string of the molecule is CCOCC(C)Nc1ccnc(N)n1. The zero-order valence-electron chi connectivity index (χ0n) is 8.53. The van der Waals surface area contributed by atoms with Crippen LogP contribution in [-0.2, 0) is 4.74 Å². The molecule has 5 heteroatoms. The van der Waals surface area contributed by atoms with E-state index in [1.807, 2.05) is 13.8 Å². The summed E-state index contributed by atoms with van der Waals surface area (Å²) >= 11 is 0. The summed E-state index contributed by atoms with van der Waals surface area (Å²) < 4.78 is 5.26. The molecule has 1 rings (SSSR count). The van der Waals surface area contributed by atoms with Crippen molar-refractivity contribution >= 4 is 11.8 Å². The Morgan fingerprint density at radius 1 is 1.64 bits per heavy atom. The van der Waals surface area contributed by atoms with Crippen molar-refractivity contribution in [2.45, 2.75) is 19.9 Å². The van der Waals surface area contributed by atoms with E-state index >= 15 is 0 Å². The molecule has 0 aliphatic carbocycles. The second-order valence-electron chi connectivity index (χ2n) is 3.00. The number of rotatable bonds is 5. The maximum atomic E-state index is 5.44. The van der Waals surface area contributed by atoms with Crippen LogP contribution >= 0.6 is 0 Å². The number of nitrogens with one attached hydrogen (secondary N) is 1. The largest absolute Gasteiger partial charge is 0.380 e. The molecule has 5 nitrogen and oxygen atoms in total. The third-order valence-corrected chi connectivity index (χ3v) is 1.64. The van der Waals surface area contributed by atoms with Gasteiger partial charge in [0.2, 0.25) is 5.95 Å². The molecule has 1 heterocycles. The van der Waals surface area contributed by atoms with Crippen molar-refractivity contribution in [1.29, 1.82) is 0 Å². The van der Waals surface area contributed by atoms with Crippen LogP contribution in [-0.4, -0.2) is 29.2 Å². The fourth-order valence-corrected chi connectivity index (χ4v) is 1.04. The fourth-order valence-electron chi connectivity index (χ4n) is 1.04. The van der Waals surface area contributed by atoms with Gasteiger partial charge in [-0.2, -0.15) is 4.98 Å². The Bertz CT molecular complexity index is 279. The van der Waals surface area contributed by atoms with Gasteiger partial charge in [-0.1, -0.05) is 0 Å². The zero-order valence-corrected chi connectivity index (χ0v) is 8.53. The van der Waals surface area contributed by atoms with E-state index in [1.165, 1.54) is 0 Å². The topological polar surface area (TPSA) is 73.1 Å². The van der Waals surface area contributed by atoms with Gasteiger partial charge in [-0.05, 0) is 19.9 Å². The van der Waals surface area contributed by atoms with Gasteiger partial charge in [0.25, 0.3) is 0 Å². The number of aromatic nitrogens is 2. The molecule has 0 saturated carbocycles. The molecule has 0 amide bonds.